The van der Waals surface area contributed by atoms with Gasteiger partial charge in [0.25, 0.3) is 0 Å². The molecular formula is C17H27NOS. The Morgan fingerprint density at radius 2 is 2.00 bits per heavy atom. The van der Waals surface area contributed by atoms with Crippen molar-refractivity contribution in [1.29, 1.82) is 0 Å². The molecular weight excluding hydrogens is 266 g/mol. The van der Waals surface area contributed by atoms with Gasteiger partial charge in [0.05, 0.1) is 6.10 Å². The summed E-state index contributed by atoms with van der Waals surface area (Å²) >= 11 is 2.10. The van der Waals surface area contributed by atoms with Crippen LogP contribution in [0.4, 0.5) is 0 Å². The monoisotopic (exact) mass is 293 g/mol. The molecule has 1 aromatic carbocycles. The van der Waals surface area contributed by atoms with Gasteiger partial charge in [-0.1, -0.05) is 36.2 Å². The molecule has 1 fully saturated rings. The van der Waals surface area contributed by atoms with Gasteiger partial charge in [-0.05, 0) is 32.3 Å². The summed E-state index contributed by atoms with van der Waals surface area (Å²) in [7, 11) is 0. The second-order valence-electron chi connectivity index (χ2n) is 5.93. The molecule has 2 unspecified atom stereocenters. The SMILES string of the molecule is CCC1CN(CCC(O)c2cc(C)cc(C)c2)CCS1. The largest absolute Gasteiger partial charge is 0.388 e. The van der Waals surface area contributed by atoms with Crippen LogP contribution in [0.15, 0.2) is 18.2 Å². The summed E-state index contributed by atoms with van der Waals surface area (Å²) in [4.78, 5) is 2.51. The zero-order chi connectivity index (χ0) is 14.5. The predicted molar refractivity (Wildman–Crippen MR) is 88.5 cm³/mol. The minimum Gasteiger partial charge on any atom is -0.388 e. The summed E-state index contributed by atoms with van der Waals surface area (Å²) in [5.41, 5.74) is 3.54. The Morgan fingerprint density at radius 1 is 1.30 bits per heavy atom. The van der Waals surface area contributed by atoms with Gasteiger partial charge in [0.2, 0.25) is 0 Å². The first-order valence-corrected chi connectivity index (χ1v) is 8.73. The normalized spacial score (nSPS) is 21.9. The fraction of sp³-hybridized carbons (Fsp3) is 0.647. The van der Waals surface area contributed by atoms with E-state index in [1.807, 2.05) is 0 Å². The fourth-order valence-corrected chi connectivity index (χ4v) is 4.15. The number of aliphatic hydroxyl groups excluding tert-OH is 1. The van der Waals surface area contributed by atoms with E-state index in [-0.39, 0.29) is 6.10 Å². The molecule has 0 spiro atoms. The van der Waals surface area contributed by atoms with E-state index in [0.29, 0.717) is 0 Å². The molecule has 2 atom stereocenters. The van der Waals surface area contributed by atoms with Crippen molar-refractivity contribution in [3.63, 3.8) is 0 Å². The highest BCUT2D eigenvalue weighted by Gasteiger charge is 2.19. The highest BCUT2D eigenvalue weighted by molar-refractivity contribution is 8.00. The Hall–Kier alpha value is -0.510. The van der Waals surface area contributed by atoms with Crippen molar-refractivity contribution >= 4 is 11.8 Å². The molecule has 1 aliphatic heterocycles. The molecule has 0 amide bonds. The summed E-state index contributed by atoms with van der Waals surface area (Å²) in [6.45, 7) is 9.81. The molecule has 112 valence electrons. The fourth-order valence-electron chi connectivity index (χ4n) is 2.90. The Morgan fingerprint density at radius 3 is 2.65 bits per heavy atom. The quantitative estimate of drug-likeness (QED) is 0.898. The number of hydrogen-bond donors (Lipinski definition) is 1. The minimum atomic E-state index is -0.330. The van der Waals surface area contributed by atoms with Crippen LogP contribution in [0, 0.1) is 13.8 Å². The average Bonchev–Trinajstić information content (AvgIpc) is 2.44. The van der Waals surface area contributed by atoms with Gasteiger partial charge < -0.3 is 10.0 Å². The molecule has 1 saturated heterocycles. The number of nitrogens with zero attached hydrogens (tertiary/aromatic N) is 1. The first-order valence-electron chi connectivity index (χ1n) is 7.68. The number of aryl methyl sites for hydroxylation is 2. The van der Waals surface area contributed by atoms with Crippen LogP contribution in [0.2, 0.25) is 0 Å². The highest BCUT2D eigenvalue weighted by Crippen LogP contribution is 2.24. The van der Waals surface area contributed by atoms with Crippen LogP contribution in [0.5, 0.6) is 0 Å². The first-order chi connectivity index (χ1) is 9.58. The summed E-state index contributed by atoms with van der Waals surface area (Å²) in [5.74, 6) is 1.23. The minimum absolute atomic E-state index is 0.330. The number of hydrogen-bond acceptors (Lipinski definition) is 3. The van der Waals surface area contributed by atoms with E-state index in [4.69, 9.17) is 0 Å². The van der Waals surface area contributed by atoms with Crippen molar-refractivity contribution in [2.75, 3.05) is 25.4 Å². The molecule has 0 saturated carbocycles. The van der Waals surface area contributed by atoms with Gasteiger partial charge in [-0.2, -0.15) is 11.8 Å². The van der Waals surface area contributed by atoms with E-state index in [1.54, 1.807) is 0 Å². The summed E-state index contributed by atoms with van der Waals surface area (Å²) in [6.07, 6.45) is 1.76. The topological polar surface area (TPSA) is 23.5 Å². The molecule has 0 bridgehead atoms. The van der Waals surface area contributed by atoms with E-state index >= 15 is 0 Å². The van der Waals surface area contributed by atoms with Crippen LogP contribution in [-0.4, -0.2) is 40.6 Å². The molecule has 1 aliphatic rings. The first kappa shape index (κ1) is 15.9. The third-order valence-corrected chi connectivity index (χ3v) is 5.40. The number of benzene rings is 1. The van der Waals surface area contributed by atoms with Crippen LogP contribution >= 0.6 is 11.8 Å². The molecule has 2 rings (SSSR count). The van der Waals surface area contributed by atoms with Crippen molar-refractivity contribution in [3.8, 4) is 0 Å². The van der Waals surface area contributed by atoms with Crippen molar-refractivity contribution in [3.05, 3.63) is 34.9 Å². The van der Waals surface area contributed by atoms with E-state index in [0.717, 1.165) is 23.8 Å². The van der Waals surface area contributed by atoms with E-state index < -0.39 is 0 Å². The second-order valence-corrected chi connectivity index (χ2v) is 7.34. The molecule has 1 aromatic rings. The lowest BCUT2D eigenvalue weighted by molar-refractivity contribution is 0.142. The van der Waals surface area contributed by atoms with E-state index in [9.17, 15) is 5.11 Å². The zero-order valence-corrected chi connectivity index (χ0v) is 13.7. The lowest BCUT2D eigenvalue weighted by Crippen LogP contribution is -2.38. The maximum atomic E-state index is 10.4. The van der Waals surface area contributed by atoms with Crippen LogP contribution in [-0.2, 0) is 0 Å². The van der Waals surface area contributed by atoms with Crippen LogP contribution in [0.25, 0.3) is 0 Å². The zero-order valence-electron chi connectivity index (χ0n) is 12.9. The molecule has 0 radical (unpaired) electrons. The second kappa shape index (κ2) is 7.48. The Labute approximate surface area is 127 Å². The van der Waals surface area contributed by atoms with Crippen LogP contribution in [0.3, 0.4) is 0 Å². The van der Waals surface area contributed by atoms with Crippen molar-refractivity contribution in [1.82, 2.24) is 4.90 Å². The van der Waals surface area contributed by atoms with Gasteiger partial charge >= 0.3 is 0 Å². The van der Waals surface area contributed by atoms with E-state index in [2.05, 4.69) is 55.6 Å². The van der Waals surface area contributed by atoms with Crippen LogP contribution < -0.4 is 0 Å². The third-order valence-electron chi connectivity index (χ3n) is 4.03. The maximum absolute atomic E-state index is 10.4. The molecule has 20 heavy (non-hydrogen) atoms. The van der Waals surface area contributed by atoms with Gasteiger partial charge in [-0.3, -0.25) is 0 Å². The van der Waals surface area contributed by atoms with Crippen LogP contribution in [0.1, 0.15) is 42.6 Å². The molecule has 0 aliphatic carbocycles. The Kier molecular flexibility index (Phi) is 5.94. The summed E-state index contributed by atoms with van der Waals surface area (Å²) in [6, 6.07) is 6.38. The Balaban J connectivity index is 1.86. The Bertz CT molecular complexity index is 415. The van der Waals surface area contributed by atoms with Crippen molar-refractivity contribution in [2.45, 2.75) is 45.0 Å². The molecule has 3 heteroatoms. The van der Waals surface area contributed by atoms with E-state index in [1.165, 1.54) is 36.4 Å². The van der Waals surface area contributed by atoms with Gasteiger partial charge in [-0.25, -0.2) is 0 Å². The number of aliphatic hydroxyl groups is 1. The summed E-state index contributed by atoms with van der Waals surface area (Å²) < 4.78 is 0. The van der Waals surface area contributed by atoms with Gasteiger partial charge in [0.1, 0.15) is 0 Å². The third kappa shape index (κ3) is 4.51. The van der Waals surface area contributed by atoms with Gasteiger partial charge in [0, 0.05) is 30.6 Å². The van der Waals surface area contributed by atoms with Crippen molar-refractivity contribution < 1.29 is 5.11 Å². The van der Waals surface area contributed by atoms with Gasteiger partial charge in [-0.15, -0.1) is 0 Å². The smallest absolute Gasteiger partial charge is 0.0802 e. The maximum Gasteiger partial charge on any atom is 0.0802 e. The standard InChI is InChI=1S/C17H27NOS/c1-4-16-12-18(7-8-20-16)6-5-17(19)15-10-13(2)9-14(3)11-15/h9-11,16-17,19H,4-8,12H2,1-3H3. The number of thioether (sulfide) groups is 1. The molecule has 2 nitrogen and oxygen atoms in total. The lowest BCUT2D eigenvalue weighted by atomic mass is 10.0. The van der Waals surface area contributed by atoms with Gasteiger partial charge in [0.15, 0.2) is 0 Å². The molecule has 1 heterocycles. The number of rotatable bonds is 5. The van der Waals surface area contributed by atoms with Crippen molar-refractivity contribution in [2.24, 2.45) is 0 Å². The highest BCUT2D eigenvalue weighted by atomic mass is 32.2. The lowest BCUT2D eigenvalue weighted by Gasteiger charge is -2.32. The summed E-state index contributed by atoms with van der Waals surface area (Å²) in [5, 5.41) is 11.2. The average molecular weight is 293 g/mol. The molecule has 0 aromatic heterocycles. The predicted octanol–water partition coefficient (Wildman–Crippen LogP) is 3.55. The molecule has 1 N–H and O–H groups in total.